The summed E-state index contributed by atoms with van der Waals surface area (Å²) in [5.74, 6) is 0.0817. The Labute approximate surface area is 106 Å². The highest BCUT2D eigenvalue weighted by Gasteiger charge is 2.33. The van der Waals surface area contributed by atoms with Crippen LogP contribution in [0, 0.1) is 0 Å². The molecular weight excluding hydrogens is 275 g/mol. The molecule has 0 aliphatic heterocycles. The van der Waals surface area contributed by atoms with Crippen LogP contribution >= 0.6 is 23.4 Å². The largest absolute Gasteiger partial charge is 0.433 e. The Kier molecular flexibility index (Phi) is 4.88. The van der Waals surface area contributed by atoms with Gasteiger partial charge in [-0.2, -0.15) is 24.9 Å². The summed E-state index contributed by atoms with van der Waals surface area (Å²) >= 11 is 7.03. The minimum absolute atomic E-state index is 0.0817. The van der Waals surface area contributed by atoms with Gasteiger partial charge in [0.05, 0.1) is 0 Å². The van der Waals surface area contributed by atoms with Crippen LogP contribution in [-0.2, 0) is 6.18 Å². The van der Waals surface area contributed by atoms with E-state index in [1.165, 1.54) is 0 Å². The molecule has 0 aromatic carbocycles. The van der Waals surface area contributed by atoms with E-state index in [1.807, 2.05) is 13.2 Å². The number of thioether (sulfide) groups is 1. The normalized spacial score (nSPS) is 13.5. The number of hydrogen-bond donors (Lipinski definition) is 1. The molecule has 1 atom stereocenters. The van der Waals surface area contributed by atoms with Gasteiger partial charge in [-0.15, -0.1) is 0 Å². The fourth-order valence-corrected chi connectivity index (χ4v) is 1.42. The van der Waals surface area contributed by atoms with E-state index in [0.717, 1.165) is 6.07 Å². The van der Waals surface area contributed by atoms with Crippen LogP contribution in [0.1, 0.15) is 12.6 Å². The van der Waals surface area contributed by atoms with Crippen molar-refractivity contribution in [3.8, 4) is 0 Å². The Morgan fingerprint density at radius 3 is 2.65 bits per heavy atom. The van der Waals surface area contributed by atoms with Gasteiger partial charge in [0, 0.05) is 17.9 Å². The average Bonchev–Trinajstić information content (AvgIpc) is 2.24. The van der Waals surface area contributed by atoms with Crippen molar-refractivity contribution in [2.45, 2.75) is 18.3 Å². The molecule has 0 fully saturated rings. The molecule has 0 saturated heterocycles. The summed E-state index contributed by atoms with van der Waals surface area (Å²) in [6, 6.07) is 0.846. The first-order valence-electron chi connectivity index (χ1n) is 4.71. The zero-order valence-corrected chi connectivity index (χ0v) is 10.7. The summed E-state index contributed by atoms with van der Waals surface area (Å²) in [6.45, 7) is 2.46. The van der Waals surface area contributed by atoms with E-state index in [0.29, 0.717) is 6.54 Å². The molecule has 1 heterocycles. The Balaban J connectivity index is 2.83. The van der Waals surface area contributed by atoms with Crippen LogP contribution in [0.4, 0.5) is 19.0 Å². The topological polar surface area (TPSA) is 37.8 Å². The van der Waals surface area contributed by atoms with E-state index < -0.39 is 17.2 Å². The van der Waals surface area contributed by atoms with Gasteiger partial charge in [-0.3, -0.25) is 0 Å². The molecule has 3 nitrogen and oxygen atoms in total. The van der Waals surface area contributed by atoms with Gasteiger partial charge in [0.25, 0.3) is 0 Å². The molecule has 1 aromatic heterocycles. The van der Waals surface area contributed by atoms with Crippen molar-refractivity contribution in [1.29, 1.82) is 0 Å². The molecule has 1 rings (SSSR count). The molecule has 96 valence electrons. The fourth-order valence-electron chi connectivity index (χ4n) is 0.985. The lowest BCUT2D eigenvalue weighted by atomic mass is 10.3. The summed E-state index contributed by atoms with van der Waals surface area (Å²) < 4.78 is 37.3. The Morgan fingerprint density at radius 2 is 2.12 bits per heavy atom. The zero-order valence-electron chi connectivity index (χ0n) is 9.18. The van der Waals surface area contributed by atoms with Crippen molar-refractivity contribution in [1.82, 2.24) is 9.97 Å². The van der Waals surface area contributed by atoms with Gasteiger partial charge in [0.15, 0.2) is 5.69 Å². The SMILES string of the molecule is CSC(C)CNc1cc(C(F)(F)F)nc(Cl)n1. The molecule has 17 heavy (non-hydrogen) atoms. The Hall–Kier alpha value is -0.690. The van der Waals surface area contributed by atoms with Crippen molar-refractivity contribution >= 4 is 29.2 Å². The molecule has 0 spiro atoms. The van der Waals surface area contributed by atoms with E-state index in [9.17, 15) is 13.2 Å². The second-order valence-corrected chi connectivity index (χ2v) is 4.95. The lowest BCUT2D eigenvalue weighted by Crippen LogP contribution is -2.15. The summed E-state index contributed by atoms with van der Waals surface area (Å²) in [5, 5.41) is 2.64. The lowest BCUT2D eigenvalue weighted by molar-refractivity contribution is -0.141. The van der Waals surface area contributed by atoms with Gasteiger partial charge in [0.1, 0.15) is 5.82 Å². The molecule has 0 amide bonds. The van der Waals surface area contributed by atoms with Crippen LogP contribution in [0.5, 0.6) is 0 Å². The number of alkyl halides is 3. The Bertz CT molecular complexity index is 386. The zero-order chi connectivity index (χ0) is 13.1. The monoisotopic (exact) mass is 285 g/mol. The number of hydrogen-bond acceptors (Lipinski definition) is 4. The maximum atomic E-state index is 12.4. The highest BCUT2D eigenvalue weighted by molar-refractivity contribution is 7.99. The van der Waals surface area contributed by atoms with E-state index in [4.69, 9.17) is 11.6 Å². The van der Waals surface area contributed by atoms with Crippen LogP contribution in [0.15, 0.2) is 6.07 Å². The number of aromatic nitrogens is 2. The van der Waals surface area contributed by atoms with E-state index in [1.54, 1.807) is 11.8 Å². The smallest absolute Gasteiger partial charge is 0.369 e. The van der Waals surface area contributed by atoms with Gasteiger partial charge in [-0.05, 0) is 17.9 Å². The van der Waals surface area contributed by atoms with Crippen LogP contribution in [0.2, 0.25) is 5.28 Å². The second-order valence-electron chi connectivity index (χ2n) is 3.33. The molecule has 1 unspecified atom stereocenters. The van der Waals surface area contributed by atoms with Gasteiger partial charge in [0.2, 0.25) is 5.28 Å². The molecule has 0 bridgehead atoms. The maximum Gasteiger partial charge on any atom is 0.433 e. The molecular formula is C9H11ClF3N3S. The summed E-state index contributed by atoms with van der Waals surface area (Å²) in [5.41, 5.74) is -1.04. The van der Waals surface area contributed by atoms with Gasteiger partial charge in [-0.25, -0.2) is 9.97 Å². The van der Waals surface area contributed by atoms with E-state index in [2.05, 4.69) is 15.3 Å². The highest BCUT2D eigenvalue weighted by atomic mass is 35.5. The molecule has 0 saturated carbocycles. The molecule has 0 radical (unpaired) electrons. The molecule has 1 aromatic rings. The molecule has 8 heteroatoms. The minimum atomic E-state index is -4.52. The number of halogens is 4. The first kappa shape index (κ1) is 14.4. The second kappa shape index (κ2) is 5.77. The molecule has 1 N–H and O–H groups in total. The van der Waals surface area contributed by atoms with Gasteiger partial charge >= 0.3 is 6.18 Å². The predicted octanol–water partition coefficient (Wildman–Crippen LogP) is 3.31. The van der Waals surface area contributed by atoms with Crippen LogP contribution in [0.3, 0.4) is 0 Å². The maximum absolute atomic E-state index is 12.4. The van der Waals surface area contributed by atoms with Crippen LogP contribution < -0.4 is 5.32 Å². The first-order valence-corrected chi connectivity index (χ1v) is 6.38. The lowest BCUT2D eigenvalue weighted by Gasteiger charge is -2.12. The summed E-state index contributed by atoms with van der Waals surface area (Å²) in [6.07, 6.45) is -2.60. The van der Waals surface area contributed by atoms with Crippen molar-refractivity contribution in [2.75, 3.05) is 18.1 Å². The minimum Gasteiger partial charge on any atom is -0.369 e. The quantitative estimate of drug-likeness (QED) is 0.861. The number of nitrogens with one attached hydrogen (secondary N) is 1. The fraction of sp³-hybridized carbons (Fsp3) is 0.556. The van der Waals surface area contributed by atoms with Gasteiger partial charge < -0.3 is 5.32 Å². The summed E-state index contributed by atoms with van der Waals surface area (Å²) in [7, 11) is 0. The van der Waals surface area contributed by atoms with Gasteiger partial charge in [-0.1, -0.05) is 6.92 Å². The molecule has 0 aliphatic carbocycles. The average molecular weight is 286 g/mol. The summed E-state index contributed by atoms with van der Waals surface area (Å²) in [4.78, 5) is 6.82. The van der Waals surface area contributed by atoms with E-state index >= 15 is 0 Å². The van der Waals surface area contributed by atoms with Crippen LogP contribution in [0.25, 0.3) is 0 Å². The third-order valence-corrected chi connectivity index (χ3v) is 3.10. The van der Waals surface area contributed by atoms with Crippen molar-refractivity contribution < 1.29 is 13.2 Å². The van der Waals surface area contributed by atoms with Crippen molar-refractivity contribution in [3.05, 3.63) is 17.0 Å². The van der Waals surface area contributed by atoms with Crippen LogP contribution in [-0.4, -0.2) is 28.0 Å². The number of rotatable bonds is 4. The third-order valence-electron chi connectivity index (χ3n) is 1.96. The predicted molar refractivity (Wildman–Crippen MR) is 63.5 cm³/mol. The Morgan fingerprint density at radius 1 is 1.47 bits per heavy atom. The van der Waals surface area contributed by atoms with Crippen molar-refractivity contribution in [3.63, 3.8) is 0 Å². The highest BCUT2D eigenvalue weighted by Crippen LogP contribution is 2.29. The number of anilines is 1. The van der Waals surface area contributed by atoms with Crippen molar-refractivity contribution in [2.24, 2.45) is 0 Å². The number of nitrogens with zero attached hydrogens (tertiary/aromatic N) is 2. The first-order chi connectivity index (χ1) is 7.82. The molecule has 0 aliphatic rings. The standard InChI is InChI=1S/C9H11ClF3N3S/c1-5(17-2)4-14-7-3-6(9(11,12)13)15-8(10)16-7/h3,5H,4H2,1-2H3,(H,14,15,16). The third kappa shape index (κ3) is 4.59. The van der Waals surface area contributed by atoms with E-state index in [-0.39, 0.29) is 11.1 Å².